The van der Waals surface area contributed by atoms with Gasteiger partial charge in [0.1, 0.15) is 16.7 Å². The Kier molecular flexibility index (Phi) is 4.22. The molecule has 28 heavy (non-hydrogen) atoms. The van der Waals surface area contributed by atoms with Crippen LogP contribution in [0.25, 0.3) is 15.9 Å². The molecule has 7 nitrogen and oxygen atoms in total. The van der Waals surface area contributed by atoms with Crippen LogP contribution < -0.4 is 5.32 Å². The smallest absolute Gasteiger partial charge is 0.322 e. The highest BCUT2D eigenvalue weighted by Gasteiger charge is 2.31. The van der Waals surface area contributed by atoms with Crippen molar-refractivity contribution in [1.29, 1.82) is 0 Å². The largest absolute Gasteiger partial charge is 0.377 e. The number of hydrogen-bond donors (Lipinski definition) is 1. The number of ether oxygens (including phenoxy) is 1. The Morgan fingerprint density at radius 2 is 2.25 bits per heavy atom. The van der Waals surface area contributed by atoms with E-state index in [1.165, 1.54) is 0 Å². The first-order valence-electron chi connectivity index (χ1n) is 9.13. The van der Waals surface area contributed by atoms with E-state index in [1.54, 1.807) is 17.5 Å². The van der Waals surface area contributed by atoms with Crippen LogP contribution >= 0.6 is 11.3 Å². The molecule has 8 heteroatoms. The first-order chi connectivity index (χ1) is 13.7. The Bertz CT molecular complexity index is 1130. The number of anilines is 1. The number of aromatic nitrogens is 3. The maximum atomic E-state index is 13.1. The number of fused-ring (bicyclic) bond motifs is 2. The Hall–Kier alpha value is -2.97. The number of carbonyl (C=O) groups is 1. The number of aryl methyl sites for hydroxylation is 1. The van der Waals surface area contributed by atoms with Crippen LogP contribution in [0.1, 0.15) is 16.6 Å². The molecule has 142 valence electrons. The minimum absolute atomic E-state index is 0.147. The highest BCUT2D eigenvalue weighted by Crippen LogP contribution is 2.32. The fourth-order valence-corrected chi connectivity index (χ4v) is 4.62. The average molecular weight is 393 g/mol. The summed E-state index contributed by atoms with van der Waals surface area (Å²) in [5, 5.41) is 3.93. The Morgan fingerprint density at radius 3 is 3.14 bits per heavy atom. The number of rotatable bonds is 2. The molecule has 1 saturated heterocycles. The molecule has 1 aliphatic rings. The average Bonchev–Trinajstić information content (AvgIpc) is 3.35. The van der Waals surface area contributed by atoms with Gasteiger partial charge in [-0.05, 0) is 30.7 Å². The number of amides is 2. The lowest BCUT2D eigenvalue weighted by Crippen LogP contribution is -2.45. The molecule has 0 spiro atoms. The lowest BCUT2D eigenvalue weighted by molar-refractivity contribution is 0.0147. The number of benzene rings is 1. The Balaban J connectivity index is 1.42. The molecule has 1 unspecified atom stereocenters. The lowest BCUT2D eigenvalue weighted by Gasteiger charge is -2.34. The minimum atomic E-state index is -0.191. The van der Waals surface area contributed by atoms with Gasteiger partial charge >= 0.3 is 6.03 Å². The van der Waals surface area contributed by atoms with Crippen molar-refractivity contribution in [1.82, 2.24) is 19.3 Å². The summed E-state index contributed by atoms with van der Waals surface area (Å²) < 4.78 is 8.69. The van der Waals surface area contributed by atoms with Crippen molar-refractivity contribution in [3.63, 3.8) is 0 Å². The maximum absolute atomic E-state index is 13.1. The second-order valence-electron chi connectivity index (χ2n) is 6.80. The van der Waals surface area contributed by atoms with E-state index in [0.717, 1.165) is 32.1 Å². The van der Waals surface area contributed by atoms with Gasteiger partial charge in [0.2, 0.25) is 0 Å². The van der Waals surface area contributed by atoms with Crippen molar-refractivity contribution in [3.8, 4) is 0 Å². The van der Waals surface area contributed by atoms with E-state index < -0.39 is 0 Å². The van der Waals surface area contributed by atoms with Gasteiger partial charge in [0.15, 0.2) is 0 Å². The standard InChI is InChI=1S/C20H19N5O2S/c1-13-10-14(11-24-7-6-21-18(13)24)22-20(26)25-8-9-27-12-16(25)19-23-15-4-2-3-5-17(15)28-19/h2-7,10-11,16H,8-9,12H2,1H3,(H,22,26). The Labute approximate surface area is 165 Å². The summed E-state index contributed by atoms with van der Waals surface area (Å²) in [4.78, 5) is 23.9. The van der Waals surface area contributed by atoms with Crippen molar-refractivity contribution in [3.05, 3.63) is 59.5 Å². The summed E-state index contributed by atoms with van der Waals surface area (Å²) in [5.41, 5.74) is 3.58. The molecule has 1 N–H and O–H groups in total. The molecule has 4 aromatic rings. The molecule has 5 rings (SSSR count). The van der Waals surface area contributed by atoms with Crippen LogP contribution in [0, 0.1) is 6.92 Å². The van der Waals surface area contributed by atoms with Crippen molar-refractivity contribution in [2.24, 2.45) is 0 Å². The fourth-order valence-electron chi connectivity index (χ4n) is 3.56. The predicted octanol–water partition coefficient (Wildman–Crippen LogP) is 3.86. The molecule has 1 aliphatic heterocycles. The summed E-state index contributed by atoms with van der Waals surface area (Å²) in [5.74, 6) is 0. The molecule has 2 amide bonds. The highest BCUT2D eigenvalue weighted by molar-refractivity contribution is 7.18. The van der Waals surface area contributed by atoms with Crippen LogP contribution in [0.5, 0.6) is 0 Å². The molecule has 4 heterocycles. The van der Waals surface area contributed by atoms with Crippen molar-refractivity contribution >= 4 is 38.9 Å². The number of pyridine rings is 1. The molecule has 1 fully saturated rings. The number of thiazole rings is 1. The van der Waals surface area contributed by atoms with E-state index in [1.807, 2.05) is 58.9 Å². The minimum Gasteiger partial charge on any atom is -0.377 e. The normalized spacial score (nSPS) is 17.3. The molecule has 1 atom stereocenters. The van der Waals surface area contributed by atoms with E-state index in [2.05, 4.69) is 10.3 Å². The third-order valence-electron chi connectivity index (χ3n) is 4.91. The van der Waals surface area contributed by atoms with Gasteiger partial charge in [0, 0.05) is 25.1 Å². The van der Waals surface area contributed by atoms with E-state index >= 15 is 0 Å². The van der Waals surface area contributed by atoms with Crippen LogP contribution in [-0.4, -0.2) is 45.1 Å². The van der Waals surface area contributed by atoms with Crippen LogP contribution in [0.4, 0.5) is 10.5 Å². The number of nitrogens with zero attached hydrogens (tertiary/aromatic N) is 4. The molecular weight excluding hydrogens is 374 g/mol. The van der Waals surface area contributed by atoms with E-state index in [0.29, 0.717) is 19.8 Å². The number of urea groups is 1. The zero-order valence-electron chi connectivity index (χ0n) is 15.3. The summed E-state index contributed by atoms with van der Waals surface area (Å²) in [7, 11) is 0. The molecule has 0 bridgehead atoms. The molecule has 3 aromatic heterocycles. The molecular formula is C20H19N5O2S. The van der Waals surface area contributed by atoms with Gasteiger partial charge < -0.3 is 19.4 Å². The van der Waals surface area contributed by atoms with Crippen LogP contribution in [0.2, 0.25) is 0 Å². The van der Waals surface area contributed by atoms with E-state index in [-0.39, 0.29) is 12.1 Å². The van der Waals surface area contributed by atoms with Gasteiger partial charge in [-0.25, -0.2) is 14.8 Å². The number of morpholine rings is 1. The molecule has 0 radical (unpaired) electrons. The second kappa shape index (κ2) is 6.88. The van der Waals surface area contributed by atoms with E-state index in [9.17, 15) is 4.79 Å². The lowest BCUT2D eigenvalue weighted by atomic mass is 10.2. The Morgan fingerprint density at radius 1 is 1.36 bits per heavy atom. The second-order valence-corrected chi connectivity index (χ2v) is 7.87. The number of carbonyl (C=O) groups excluding carboxylic acids is 1. The number of para-hydroxylation sites is 1. The summed E-state index contributed by atoms with van der Waals surface area (Å²) in [6, 6.07) is 9.62. The monoisotopic (exact) mass is 393 g/mol. The third-order valence-corrected chi connectivity index (χ3v) is 6.05. The van der Waals surface area contributed by atoms with Crippen molar-refractivity contribution < 1.29 is 9.53 Å². The van der Waals surface area contributed by atoms with Gasteiger partial charge in [0.25, 0.3) is 0 Å². The van der Waals surface area contributed by atoms with Gasteiger partial charge in [-0.2, -0.15) is 0 Å². The molecule has 0 aliphatic carbocycles. The van der Waals surface area contributed by atoms with Gasteiger partial charge in [-0.15, -0.1) is 11.3 Å². The SMILES string of the molecule is Cc1cc(NC(=O)N2CCOCC2c2nc3ccccc3s2)cn2ccnc12. The maximum Gasteiger partial charge on any atom is 0.322 e. The van der Waals surface area contributed by atoms with Crippen molar-refractivity contribution in [2.75, 3.05) is 25.1 Å². The quantitative estimate of drug-likeness (QED) is 0.561. The summed E-state index contributed by atoms with van der Waals surface area (Å²) >= 11 is 1.61. The first kappa shape index (κ1) is 17.2. The number of imidazole rings is 1. The van der Waals surface area contributed by atoms with Crippen LogP contribution in [0.15, 0.2) is 48.9 Å². The van der Waals surface area contributed by atoms with Crippen molar-refractivity contribution in [2.45, 2.75) is 13.0 Å². The van der Waals surface area contributed by atoms with Gasteiger partial charge in [0.05, 0.1) is 29.1 Å². The number of nitrogens with one attached hydrogen (secondary N) is 1. The van der Waals surface area contributed by atoms with E-state index in [4.69, 9.17) is 9.72 Å². The molecule has 1 aromatic carbocycles. The highest BCUT2D eigenvalue weighted by atomic mass is 32.1. The summed E-state index contributed by atoms with van der Waals surface area (Å²) in [6.07, 6.45) is 5.50. The van der Waals surface area contributed by atoms with Crippen LogP contribution in [0.3, 0.4) is 0 Å². The zero-order valence-corrected chi connectivity index (χ0v) is 16.1. The summed E-state index contributed by atoms with van der Waals surface area (Å²) in [6.45, 7) is 3.48. The fraction of sp³-hybridized carbons (Fsp3) is 0.250. The zero-order chi connectivity index (χ0) is 19.1. The van der Waals surface area contributed by atoms with Crippen LogP contribution in [-0.2, 0) is 4.74 Å². The van der Waals surface area contributed by atoms with Gasteiger partial charge in [-0.3, -0.25) is 0 Å². The topological polar surface area (TPSA) is 71.8 Å². The third kappa shape index (κ3) is 3.00. The first-order valence-corrected chi connectivity index (χ1v) is 9.95. The number of hydrogen-bond acceptors (Lipinski definition) is 5. The van der Waals surface area contributed by atoms with Gasteiger partial charge in [-0.1, -0.05) is 12.1 Å². The predicted molar refractivity (Wildman–Crippen MR) is 109 cm³/mol. The molecule has 0 saturated carbocycles.